The Labute approximate surface area is 162 Å². The van der Waals surface area contributed by atoms with Gasteiger partial charge in [0.05, 0.1) is 24.0 Å². The van der Waals surface area contributed by atoms with Crippen LogP contribution in [0.3, 0.4) is 0 Å². The molecule has 1 amide bonds. The molecule has 3 heterocycles. The van der Waals surface area contributed by atoms with Crippen LogP contribution in [0.15, 0.2) is 60.9 Å². The normalized spacial score (nSPS) is 13.6. The number of imidazole rings is 1. The molecule has 8 heteroatoms. The summed E-state index contributed by atoms with van der Waals surface area (Å²) in [5.74, 6) is -0.109. The predicted molar refractivity (Wildman–Crippen MR) is 101 cm³/mol. The fraction of sp³-hybridized carbons (Fsp3) is 0.0952. The first-order valence-electron chi connectivity index (χ1n) is 8.84. The number of nitrogens with one attached hydrogen (secondary N) is 1. The van der Waals surface area contributed by atoms with E-state index in [1.54, 1.807) is 12.1 Å². The molecule has 0 fully saturated rings. The first-order valence-corrected chi connectivity index (χ1v) is 8.84. The van der Waals surface area contributed by atoms with Crippen LogP contribution >= 0.6 is 0 Å². The van der Waals surface area contributed by atoms with Crippen LogP contribution in [-0.4, -0.2) is 20.3 Å². The van der Waals surface area contributed by atoms with E-state index in [1.165, 1.54) is 4.40 Å². The molecule has 1 aliphatic heterocycles. The van der Waals surface area contributed by atoms with Crippen LogP contribution in [0.25, 0.3) is 28.2 Å². The third-order valence-electron chi connectivity index (χ3n) is 4.85. The van der Waals surface area contributed by atoms with Gasteiger partial charge in [-0.15, -0.1) is 0 Å². The average molecular weight is 394 g/mol. The van der Waals surface area contributed by atoms with E-state index in [9.17, 15) is 18.0 Å². The summed E-state index contributed by atoms with van der Waals surface area (Å²) in [6.45, 7) is 0. The molecule has 29 heavy (non-hydrogen) atoms. The first-order chi connectivity index (χ1) is 13.9. The van der Waals surface area contributed by atoms with E-state index >= 15 is 0 Å². The Hall–Kier alpha value is -3.68. The summed E-state index contributed by atoms with van der Waals surface area (Å²) >= 11 is 0. The van der Waals surface area contributed by atoms with E-state index in [2.05, 4.69) is 15.3 Å². The molecule has 0 saturated carbocycles. The maximum absolute atomic E-state index is 13.3. The summed E-state index contributed by atoms with van der Waals surface area (Å²) in [6.07, 6.45) is -2.26. The number of benzene rings is 2. The number of fused-ring (bicyclic) bond motifs is 2. The predicted octanol–water partition coefficient (Wildman–Crippen LogP) is 4.58. The highest BCUT2D eigenvalue weighted by atomic mass is 19.4. The Morgan fingerprint density at radius 2 is 1.83 bits per heavy atom. The highest BCUT2D eigenvalue weighted by Gasteiger charge is 2.33. The minimum atomic E-state index is -4.57. The number of hydrogen-bond donors (Lipinski definition) is 1. The van der Waals surface area contributed by atoms with Crippen LogP contribution in [0, 0.1) is 0 Å². The standard InChI is InChI=1S/C21H13F3N4O/c22-21(23,24)16-11-28-17(10-25-16)27-19(12-4-2-1-3-5-12)20(28)13-6-7-15-14(8-13)9-18(29)26-15/h1-8,10-11H,9H2,(H,26,29). The van der Waals surface area contributed by atoms with Crippen molar-refractivity contribution in [3.8, 4) is 22.5 Å². The minimum absolute atomic E-state index is 0.109. The molecule has 0 aliphatic carbocycles. The number of aromatic nitrogens is 3. The van der Waals surface area contributed by atoms with Gasteiger partial charge < -0.3 is 5.32 Å². The van der Waals surface area contributed by atoms with Gasteiger partial charge >= 0.3 is 6.18 Å². The van der Waals surface area contributed by atoms with E-state index in [0.29, 0.717) is 28.3 Å². The van der Waals surface area contributed by atoms with E-state index in [-0.39, 0.29) is 12.3 Å². The molecule has 0 radical (unpaired) electrons. The van der Waals surface area contributed by atoms with Gasteiger partial charge in [0.2, 0.25) is 5.91 Å². The van der Waals surface area contributed by atoms with Gasteiger partial charge in [0.15, 0.2) is 11.3 Å². The van der Waals surface area contributed by atoms with Crippen molar-refractivity contribution in [2.75, 3.05) is 5.32 Å². The molecule has 0 saturated heterocycles. The maximum Gasteiger partial charge on any atom is 0.434 e. The zero-order valence-electron chi connectivity index (χ0n) is 14.9. The third kappa shape index (κ3) is 2.93. The Balaban J connectivity index is 1.79. The topological polar surface area (TPSA) is 59.3 Å². The number of carbonyl (C=O) groups excluding carboxylic acids is 1. The molecule has 2 aromatic carbocycles. The fourth-order valence-corrected chi connectivity index (χ4v) is 3.55. The van der Waals surface area contributed by atoms with E-state index in [1.807, 2.05) is 36.4 Å². The highest BCUT2D eigenvalue weighted by molar-refractivity contribution is 6.00. The van der Waals surface area contributed by atoms with Gasteiger partial charge in [-0.1, -0.05) is 36.4 Å². The van der Waals surface area contributed by atoms with Gasteiger partial charge in [0, 0.05) is 23.0 Å². The van der Waals surface area contributed by atoms with E-state index < -0.39 is 11.9 Å². The number of amides is 1. The number of alkyl halides is 3. The lowest BCUT2D eigenvalue weighted by atomic mass is 10.0. The van der Waals surface area contributed by atoms with Crippen molar-refractivity contribution in [2.45, 2.75) is 12.6 Å². The molecule has 2 aromatic heterocycles. The number of rotatable bonds is 2. The number of hydrogen-bond acceptors (Lipinski definition) is 3. The van der Waals surface area contributed by atoms with Gasteiger partial charge in [-0.3, -0.25) is 9.20 Å². The average Bonchev–Trinajstić information content (AvgIpc) is 3.26. The third-order valence-corrected chi connectivity index (χ3v) is 4.85. The second-order valence-electron chi connectivity index (χ2n) is 6.77. The SMILES string of the molecule is O=C1Cc2cc(-c3c(-c4ccccc4)nc4cnc(C(F)(F)F)cn34)ccc2N1. The Morgan fingerprint density at radius 1 is 1.03 bits per heavy atom. The van der Waals surface area contributed by atoms with Gasteiger partial charge in [-0.25, -0.2) is 9.97 Å². The molecular formula is C21H13F3N4O. The zero-order chi connectivity index (χ0) is 20.2. The van der Waals surface area contributed by atoms with Crippen molar-refractivity contribution in [1.82, 2.24) is 14.4 Å². The second kappa shape index (κ2) is 6.16. The molecule has 1 aliphatic rings. The van der Waals surface area contributed by atoms with Crippen molar-refractivity contribution >= 4 is 17.2 Å². The Morgan fingerprint density at radius 3 is 2.59 bits per heavy atom. The summed E-state index contributed by atoms with van der Waals surface area (Å²) in [6, 6.07) is 14.6. The number of anilines is 1. The largest absolute Gasteiger partial charge is 0.434 e. The van der Waals surface area contributed by atoms with Gasteiger partial charge in [0.1, 0.15) is 0 Å². The van der Waals surface area contributed by atoms with Crippen LogP contribution < -0.4 is 5.32 Å². The molecule has 5 nitrogen and oxygen atoms in total. The summed E-state index contributed by atoms with van der Waals surface area (Å²) in [4.78, 5) is 19.8. The van der Waals surface area contributed by atoms with E-state index in [0.717, 1.165) is 23.5 Å². The molecule has 1 N–H and O–H groups in total. The Kier molecular flexibility index (Phi) is 3.70. The van der Waals surface area contributed by atoms with Gasteiger partial charge in [0.25, 0.3) is 0 Å². The van der Waals surface area contributed by atoms with E-state index in [4.69, 9.17) is 0 Å². The molecule has 0 spiro atoms. The van der Waals surface area contributed by atoms with Crippen LogP contribution in [-0.2, 0) is 17.4 Å². The molecule has 0 unspecified atom stereocenters. The lowest BCUT2D eigenvalue weighted by molar-refractivity contribution is -0.141. The summed E-state index contributed by atoms with van der Waals surface area (Å²) in [7, 11) is 0. The molecule has 0 bridgehead atoms. The van der Waals surface area contributed by atoms with Crippen molar-refractivity contribution in [3.63, 3.8) is 0 Å². The molecular weight excluding hydrogens is 381 g/mol. The van der Waals surface area contributed by atoms with Crippen molar-refractivity contribution < 1.29 is 18.0 Å². The lowest BCUT2D eigenvalue weighted by Gasteiger charge is -2.10. The van der Waals surface area contributed by atoms with Crippen LogP contribution in [0.2, 0.25) is 0 Å². The molecule has 144 valence electrons. The number of carbonyl (C=O) groups is 1. The maximum atomic E-state index is 13.3. The zero-order valence-corrected chi connectivity index (χ0v) is 14.9. The number of halogens is 3. The van der Waals surface area contributed by atoms with Crippen molar-refractivity contribution in [1.29, 1.82) is 0 Å². The van der Waals surface area contributed by atoms with Crippen LogP contribution in [0.5, 0.6) is 0 Å². The van der Waals surface area contributed by atoms with Crippen LogP contribution in [0.1, 0.15) is 11.3 Å². The smallest absolute Gasteiger partial charge is 0.326 e. The monoisotopic (exact) mass is 394 g/mol. The van der Waals surface area contributed by atoms with Crippen molar-refractivity contribution in [3.05, 3.63) is 72.2 Å². The minimum Gasteiger partial charge on any atom is -0.326 e. The fourth-order valence-electron chi connectivity index (χ4n) is 3.55. The van der Waals surface area contributed by atoms with Crippen molar-refractivity contribution in [2.24, 2.45) is 0 Å². The quantitative estimate of drug-likeness (QED) is 0.542. The summed E-state index contributed by atoms with van der Waals surface area (Å²) < 4.78 is 41.2. The van der Waals surface area contributed by atoms with Crippen LogP contribution in [0.4, 0.5) is 18.9 Å². The lowest BCUT2D eigenvalue weighted by Crippen LogP contribution is -2.09. The second-order valence-corrected chi connectivity index (χ2v) is 6.77. The summed E-state index contributed by atoms with van der Waals surface area (Å²) in [5.41, 5.74) is 3.33. The van der Waals surface area contributed by atoms with Gasteiger partial charge in [-0.05, 0) is 17.7 Å². The molecule has 4 aromatic rings. The molecule has 5 rings (SSSR count). The van der Waals surface area contributed by atoms with Gasteiger partial charge in [-0.2, -0.15) is 13.2 Å². The first kappa shape index (κ1) is 17.4. The highest BCUT2D eigenvalue weighted by Crippen LogP contribution is 2.37. The Bertz CT molecular complexity index is 1260. The molecule has 0 atom stereocenters. The summed E-state index contributed by atoms with van der Waals surface area (Å²) in [5, 5.41) is 2.76. The number of nitrogens with zero attached hydrogens (tertiary/aromatic N) is 3.